The zero-order valence-electron chi connectivity index (χ0n) is 16.6. The second-order valence-corrected chi connectivity index (χ2v) is 8.96. The maximum absolute atomic E-state index is 12.9. The van der Waals surface area contributed by atoms with Crippen molar-refractivity contribution in [3.05, 3.63) is 98.2 Å². The van der Waals surface area contributed by atoms with Crippen LogP contribution in [0.3, 0.4) is 0 Å². The predicted octanol–water partition coefficient (Wildman–Crippen LogP) is 6.11. The van der Waals surface area contributed by atoms with E-state index in [0.717, 1.165) is 39.3 Å². The summed E-state index contributed by atoms with van der Waals surface area (Å²) in [4.78, 5) is 15.1. The second-order valence-electron chi connectivity index (χ2n) is 7.61. The molecule has 0 unspecified atom stereocenters. The maximum atomic E-state index is 12.9. The van der Waals surface area contributed by atoms with Crippen LogP contribution >= 0.6 is 27.5 Å². The number of nitrogens with zero attached hydrogens (tertiary/aromatic N) is 1. The van der Waals surface area contributed by atoms with Crippen molar-refractivity contribution in [2.24, 2.45) is 0 Å². The van der Waals surface area contributed by atoms with Crippen molar-refractivity contribution in [3.63, 3.8) is 0 Å². The average Bonchev–Trinajstić information content (AvgIpc) is 3.10. The van der Waals surface area contributed by atoms with Crippen molar-refractivity contribution in [2.45, 2.75) is 13.0 Å². The Morgan fingerprint density at radius 3 is 2.58 bits per heavy atom. The van der Waals surface area contributed by atoms with Gasteiger partial charge in [0.1, 0.15) is 18.2 Å². The summed E-state index contributed by atoms with van der Waals surface area (Å²) in [5.74, 6) is 1.63. The van der Waals surface area contributed by atoms with Crippen molar-refractivity contribution in [3.8, 4) is 11.5 Å². The van der Waals surface area contributed by atoms with Gasteiger partial charge in [-0.2, -0.15) is 0 Å². The van der Waals surface area contributed by atoms with Gasteiger partial charge in [-0.15, -0.1) is 0 Å². The number of rotatable bonds is 4. The Labute approximate surface area is 194 Å². The van der Waals surface area contributed by atoms with Gasteiger partial charge in [0.05, 0.1) is 11.1 Å². The van der Waals surface area contributed by atoms with E-state index in [1.54, 1.807) is 12.1 Å². The third kappa shape index (κ3) is 4.26. The maximum Gasteiger partial charge on any atom is 0.231 e. The number of carbonyl (C=O) groups excluding carboxylic acids is 1. The summed E-state index contributed by atoms with van der Waals surface area (Å²) < 4.78 is 13.0. The second kappa shape index (κ2) is 8.50. The van der Waals surface area contributed by atoms with Gasteiger partial charge in [-0.1, -0.05) is 51.8 Å². The fourth-order valence-electron chi connectivity index (χ4n) is 3.80. The SMILES string of the molecule is O=C1/C(=C/c2ccc(Br)cc2)Oc2c1ccc1c2CN(CCc2ccc(Cl)cc2)CO1. The number of fused-ring (bicyclic) bond motifs is 3. The van der Waals surface area contributed by atoms with Crippen LogP contribution in [0.2, 0.25) is 5.02 Å². The fourth-order valence-corrected chi connectivity index (χ4v) is 4.19. The first-order valence-electron chi connectivity index (χ1n) is 10.0. The van der Waals surface area contributed by atoms with E-state index in [1.807, 2.05) is 54.6 Å². The number of hydrogen-bond acceptors (Lipinski definition) is 4. The highest BCUT2D eigenvalue weighted by Crippen LogP contribution is 2.42. The van der Waals surface area contributed by atoms with E-state index in [0.29, 0.717) is 30.3 Å². The molecule has 3 aromatic rings. The Balaban J connectivity index is 1.35. The molecule has 4 nitrogen and oxygen atoms in total. The Morgan fingerprint density at radius 1 is 1.03 bits per heavy atom. The minimum absolute atomic E-state index is 0.0981. The van der Waals surface area contributed by atoms with Crippen molar-refractivity contribution in [2.75, 3.05) is 13.3 Å². The molecule has 0 atom stereocenters. The molecule has 2 heterocycles. The van der Waals surface area contributed by atoms with E-state index in [2.05, 4.69) is 20.8 Å². The largest absolute Gasteiger partial charge is 0.478 e. The molecule has 0 bridgehead atoms. The molecule has 0 radical (unpaired) electrons. The van der Waals surface area contributed by atoms with Gasteiger partial charge in [0, 0.05) is 22.6 Å². The topological polar surface area (TPSA) is 38.8 Å². The number of Topliss-reactive ketones (excluding diaryl/α,β-unsaturated/α-hetero) is 1. The van der Waals surface area contributed by atoms with Gasteiger partial charge < -0.3 is 9.47 Å². The third-order valence-corrected chi connectivity index (χ3v) is 6.26. The Bertz CT molecular complexity index is 1170. The van der Waals surface area contributed by atoms with Crippen molar-refractivity contribution < 1.29 is 14.3 Å². The van der Waals surface area contributed by atoms with E-state index in [4.69, 9.17) is 21.1 Å². The van der Waals surface area contributed by atoms with Gasteiger partial charge in [0.25, 0.3) is 0 Å². The van der Waals surface area contributed by atoms with Crippen molar-refractivity contribution >= 4 is 39.4 Å². The van der Waals surface area contributed by atoms with E-state index < -0.39 is 0 Å². The Kier molecular flexibility index (Phi) is 5.57. The summed E-state index contributed by atoms with van der Waals surface area (Å²) in [6.45, 7) is 2.01. The van der Waals surface area contributed by atoms with Gasteiger partial charge in [-0.05, 0) is 60.0 Å². The number of benzene rings is 3. The predicted molar refractivity (Wildman–Crippen MR) is 125 cm³/mol. The zero-order valence-corrected chi connectivity index (χ0v) is 18.9. The molecule has 0 saturated heterocycles. The van der Waals surface area contributed by atoms with Crippen LogP contribution in [0.4, 0.5) is 0 Å². The number of hydrogen-bond donors (Lipinski definition) is 0. The standard InChI is InChI=1S/C25H19BrClNO3/c26-18-5-1-17(2-6-18)13-23-24(29)20-9-10-22-21(25(20)31-23)14-28(15-30-22)12-11-16-3-7-19(27)8-4-16/h1-10,13H,11-12,14-15H2/b23-13-. The summed E-state index contributed by atoms with van der Waals surface area (Å²) in [5, 5.41) is 0.739. The number of halogens is 2. The Morgan fingerprint density at radius 2 is 1.81 bits per heavy atom. The molecule has 0 amide bonds. The summed E-state index contributed by atoms with van der Waals surface area (Å²) in [6, 6.07) is 19.3. The smallest absolute Gasteiger partial charge is 0.231 e. The molecule has 0 spiro atoms. The fraction of sp³-hybridized carbons (Fsp3) is 0.160. The first-order valence-corrected chi connectivity index (χ1v) is 11.2. The Hall–Kier alpha value is -2.60. The number of carbonyl (C=O) groups is 1. The molecule has 5 rings (SSSR count). The quantitative estimate of drug-likeness (QED) is 0.408. The van der Waals surface area contributed by atoms with E-state index in [9.17, 15) is 4.79 Å². The highest BCUT2D eigenvalue weighted by atomic mass is 79.9. The monoisotopic (exact) mass is 495 g/mol. The van der Waals surface area contributed by atoms with E-state index in [1.165, 1.54) is 5.56 Å². The van der Waals surface area contributed by atoms with Gasteiger partial charge >= 0.3 is 0 Å². The lowest BCUT2D eigenvalue weighted by atomic mass is 10.0. The highest BCUT2D eigenvalue weighted by Gasteiger charge is 2.33. The summed E-state index contributed by atoms with van der Waals surface area (Å²) in [7, 11) is 0. The van der Waals surface area contributed by atoms with Crippen LogP contribution in [0.5, 0.6) is 11.5 Å². The zero-order chi connectivity index (χ0) is 21.4. The van der Waals surface area contributed by atoms with Crippen LogP contribution in [-0.4, -0.2) is 24.0 Å². The van der Waals surface area contributed by atoms with Crippen LogP contribution < -0.4 is 9.47 Å². The number of allylic oxidation sites excluding steroid dienone is 1. The molecule has 0 saturated carbocycles. The molecular formula is C25H19BrClNO3. The van der Waals surface area contributed by atoms with E-state index >= 15 is 0 Å². The third-order valence-electron chi connectivity index (χ3n) is 5.48. The van der Waals surface area contributed by atoms with E-state index in [-0.39, 0.29) is 5.78 Å². The van der Waals surface area contributed by atoms with Crippen molar-refractivity contribution in [1.29, 1.82) is 0 Å². The summed E-state index contributed by atoms with van der Waals surface area (Å²) in [6.07, 6.45) is 2.67. The molecule has 2 aliphatic heterocycles. The first kappa shape index (κ1) is 20.3. The minimum atomic E-state index is -0.0981. The molecule has 0 fully saturated rings. The van der Waals surface area contributed by atoms with Crippen LogP contribution in [0.25, 0.3) is 6.08 Å². The molecular weight excluding hydrogens is 478 g/mol. The van der Waals surface area contributed by atoms with Crippen LogP contribution in [0, 0.1) is 0 Å². The van der Waals surface area contributed by atoms with Gasteiger partial charge in [0.2, 0.25) is 5.78 Å². The molecule has 0 N–H and O–H groups in total. The van der Waals surface area contributed by atoms with Crippen molar-refractivity contribution in [1.82, 2.24) is 4.90 Å². The van der Waals surface area contributed by atoms with Crippen LogP contribution in [0.15, 0.2) is 70.9 Å². The molecule has 3 aromatic carbocycles. The molecule has 2 aliphatic rings. The lowest BCUT2D eigenvalue weighted by Gasteiger charge is -2.29. The average molecular weight is 497 g/mol. The van der Waals surface area contributed by atoms with Crippen LogP contribution in [-0.2, 0) is 13.0 Å². The van der Waals surface area contributed by atoms with Gasteiger partial charge in [-0.25, -0.2) is 0 Å². The molecule has 31 heavy (non-hydrogen) atoms. The van der Waals surface area contributed by atoms with Gasteiger partial charge in [0.15, 0.2) is 5.76 Å². The summed E-state index contributed by atoms with van der Waals surface area (Å²) >= 11 is 9.40. The number of ketones is 1. The lowest BCUT2D eigenvalue weighted by Crippen LogP contribution is -2.33. The normalized spacial score (nSPS) is 16.6. The van der Waals surface area contributed by atoms with Gasteiger partial charge in [-0.3, -0.25) is 9.69 Å². The highest BCUT2D eigenvalue weighted by molar-refractivity contribution is 9.10. The first-order chi connectivity index (χ1) is 15.1. The molecule has 6 heteroatoms. The number of ether oxygens (including phenoxy) is 2. The minimum Gasteiger partial charge on any atom is -0.478 e. The lowest BCUT2D eigenvalue weighted by molar-refractivity contribution is 0.0950. The summed E-state index contributed by atoms with van der Waals surface area (Å²) in [5.41, 5.74) is 3.64. The molecule has 0 aromatic heterocycles. The molecule has 156 valence electrons. The van der Waals surface area contributed by atoms with Crippen LogP contribution in [0.1, 0.15) is 27.0 Å². The molecule has 0 aliphatic carbocycles.